The highest BCUT2D eigenvalue weighted by molar-refractivity contribution is 14.1. The maximum absolute atomic E-state index is 12.0. The summed E-state index contributed by atoms with van der Waals surface area (Å²) < 4.78 is 40.2. The van der Waals surface area contributed by atoms with Crippen LogP contribution in [-0.4, -0.2) is 12.1 Å². The van der Waals surface area contributed by atoms with E-state index in [9.17, 15) is 18.0 Å². The Morgan fingerprint density at radius 2 is 2.06 bits per heavy atom. The molecule has 0 amide bonds. The molecule has 94 valence electrons. The van der Waals surface area contributed by atoms with Gasteiger partial charge in [0.05, 0.1) is 4.83 Å². The molecule has 1 aromatic carbocycles. The molecule has 0 aromatic heterocycles. The lowest BCUT2D eigenvalue weighted by molar-refractivity contribution is -0.274. The van der Waals surface area contributed by atoms with Gasteiger partial charge in [0.2, 0.25) is 0 Å². The van der Waals surface area contributed by atoms with Gasteiger partial charge >= 0.3 is 6.36 Å². The number of rotatable bonds is 3. The normalized spacial score (nSPS) is 13.3. The lowest BCUT2D eigenvalue weighted by Gasteiger charge is -2.12. The Kier molecular flexibility index (Phi) is 4.82. The molecule has 0 fully saturated rings. The topological polar surface area (TPSA) is 26.3 Å². The van der Waals surface area contributed by atoms with E-state index < -0.39 is 11.2 Å². The fourth-order valence-corrected chi connectivity index (χ4v) is 2.75. The second-order valence-electron chi connectivity index (χ2n) is 3.20. The third-order valence-corrected chi connectivity index (χ3v) is 3.91. The molecular formula is C10H7BrF3IO2. The number of benzene rings is 1. The van der Waals surface area contributed by atoms with Gasteiger partial charge in [-0.05, 0) is 47.2 Å². The lowest BCUT2D eigenvalue weighted by atomic mass is 10.1. The SMILES string of the molecule is CC(=O)C(Br)c1ccc(OC(F)(F)F)cc1I. The summed E-state index contributed by atoms with van der Waals surface area (Å²) in [5.41, 5.74) is 0.618. The molecule has 1 unspecified atom stereocenters. The molecule has 7 heteroatoms. The predicted molar refractivity (Wildman–Crippen MR) is 68.2 cm³/mol. The smallest absolute Gasteiger partial charge is 0.406 e. The largest absolute Gasteiger partial charge is 0.573 e. The summed E-state index contributed by atoms with van der Waals surface area (Å²) >= 11 is 5.03. The summed E-state index contributed by atoms with van der Waals surface area (Å²) in [7, 11) is 0. The minimum atomic E-state index is -4.71. The predicted octanol–water partition coefficient (Wildman–Crippen LogP) is 4.21. The molecule has 1 atom stereocenters. The molecule has 0 aliphatic carbocycles. The number of alkyl halides is 4. The summed E-state index contributed by atoms with van der Waals surface area (Å²) in [6.07, 6.45) is -4.71. The minimum absolute atomic E-state index is 0.118. The van der Waals surface area contributed by atoms with Crippen molar-refractivity contribution in [1.29, 1.82) is 0 Å². The van der Waals surface area contributed by atoms with E-state index in [1.165, 1.54) is 25.1 Å². The molecule has 0 aliphatic heterocycles. The third-order valence-electron chi connectivity index (χ3n) is 1.84. The first kappa shape index (κ1) is 14.7. The van der Waals surface area contributed by atoms with Crippen LogP contribution in [0.5, 0.6) is 5.75 Å². The number of hydrogen-bond donors (Lipinski definition) is 0. The first-order valence-corrected chi connectivity index (χ1v) is 6.40. The van der Waals surface area contributed by atoms with Crippen LogP contribution in [0.1, 0.15) is 17.3 Å². The van der Waals surface area contributed by atoms with Gasteiger partial charge in [0.15, 0.2) is 0 Å². The van der Waals surface area contributed by atoms with Crippen molar-refractivity contribution in [3.63, 3.8) is 0 Å². The lowest BCUT2D eigenvalue weighted by Crippen LogP contribution is -2.17. The van der Waals surface area contributed by atoms with Crippen molar-refractivity contribution in [2.24, 2.45) is 0 Å². The molecule has 2 nitrogen and oxygen atoms in total. The Morgan fingerprint density at radius 3 is 2.47 bits per heavy atom. The minimum Gasteiger partial charge on any atom is -0.406 e. The fourth-order valence-electron chi connectivity index (χ4n) is 1.13. The summed E-state index contributed by atoms with van der Waals surface area (Å²) in [5.74, 6) is -0.415. The molecule has 0 heterocycles. The highest BCUT2D eigenvalue weighted by Crippen LogP contribution is 2.32. The van der Waals surface area contributed by atoms with Crippen LogP contribution in [-0.2, 0) is 4.79 Å². The van der Waals surface area contributed by atoms with Crippen LogP contribution in [0.25, 0.3) is 0 Å². The van der Waals surface area contributed by atoms with Crippen LogP contribution in [0.2, 0.25) is 0 Å². The van der Waals surface area contributed by atoms with Crippen molar-refractivity contribution in [3.05, 3.63) is 27.3 Å². The average molecular weight is 423 g/mol. The van der Waals surface area contributed by atoms with E-state index in [4.69, 9.17) is 0 Å². The highest BCUT2D eigenvalue weighted by atomic mass is 127. The van der Waals surface area contributed by atoms with E-state index in [-0.39, 0.29) is 11.5 Å². The Balaban J connectivity index is 2.98. The number of ketones is 1. The van der Waals surface area contributed by atoms with Crippen molar-refractivity contribution in [2.45, 2.75) is 18.1 Å². The summed E-state index contributed by atoms with van der Waals surface area (Å²) in [6.45, 7) is 1.40. The number of ether oxygens (including phenoxy) is 1. The Hall–Kier alpha value is -0.310. The Morgan fingerprint density at radius 1 is 1.47 bits per heavy atom. The number of hydrogen-bond acceptors (Lipinski definition) is 2. The monoisotopic (exact) mass is 422 g/mol. The van der Waals surface area contributed by atoms with Gasteiger partial charge in [-0.25, -0.2) is 0 Å². The maximum atomic E-state index is 12.0. The van der Waals surface area contributed by atoms with Gasteiger partial charge < -0.3 is 4.74 Å². The molecule has 0 spiro atoms. The zero-order valence-electron chi connectivity index (χ0n) is 8.52. The van der Waals surface area contributed by atoms with Crippen molar-refractivity contribution in [1.82, 2.24) is 0 Å². The molecule has 0 bridgehead atoms. The van der Waals surface area contributed by atoms with Gasteiger partial charge in [0, 0.05) is 3.57 Å². The Bertz CT molecular complexity index is 434. The molecule has 0 aliphatic rings. The summed E-state index contributed by atoms with van der Waals surface area (Å²) in [4.78, 5) is 10.6. The van der Waals surface area contributed by atoms with Crippen molar-refractivity contribution < 1.29 is 22.7 Å². The Labute approximate surface area is 118 Å². The van der Waals surface area contributed by atoms with Gasteiger partial charge in [-0.3, -0.25) is 4.79 Å². The van der Waals surface area contributed by atoms with Crippen LogP contribution in [0.15, 0.2) is 18.2 Å². The second kappa shape index (κ2) is 5.55. The van der Waals surface area contributed by atoms with E-state index in [1.54, 1.807) is 0 Å². The first-order valence-electron chi connectivity index (χ1n) is 4.40. The van der Waals surface area contributed by atoms with Crippen molar-refractivity contribution in [3.8, 4) is 5.75 Å². The molecule has 1 aromatic rings. The number of Topliss-reactive ketones (excluding diaryl/α,β-unsaturated/α-hetero) is 1. The average Bonchev–Trinajstić information content (AvgIpc) is 2.14. The van der Waals surface area contributed by atoms with Gasteiger partial charge in [0.25, 0.3) is 0 Å². The quantitative estimate of drug-likeness (QED) is 0.538. The van der Waals surface area contributed by atoms with E-state index in [2.05, 4.69) is 20.7 Å². The van der Waals surface area contributed by atoms with E-state index in [0.717, 1.165) is 0 Å². The fraction of sp³-hybridized carbons (Fsp3) is 0.300. The zero-order valence-corrected chi connectivity index (χ0v) is 12.3. The standard InChI is InChI=1S/C10H7BrF3IO2/c1-5(16)9(11)7-3-2-6(4-8(7)15)17-10(12,13)14/h2-4,9H,1H3. The molecule has 1 rings (SSSR count). The second-order valence-corrected chi connectivity index (χ2v) is 5.28. The van der Waals surface area contributed by atoms with Crippen LogP contribution in [0.4, 0.5) is 13.2 Å². The molecule has 0 radical (unpaired) electrons. The van der Waals surface area contributed by atoms with E-state index in [1.807, 2.05) is 22.6 Å². The maximum Gasteiger partial charge on any atom is 0.573 e. The molecule has 0 saturated carbocycles. The first-order chi connectivity index (χ1) is 7.70. The van der Waals surface area contributed by atoms with Crippen LogP contribution in [0, 0.1) is 3.57 Å². The van der Waals surface area contributed by atoms with Gasteiger partial charge in [-0.15, -0.1) is 13.2 Å². The summed E-state index contributed by atoms with van der Waals surface area (Å²) in [5, 5.41) is 0. The number of carbonyl (C=O) groups excluding carboxylic acids is 1. The van der Waals surface area contributed by atoms with E-state index >= 15 is 0 Å². The third kappa shape index (κ3) is 4.46. The van der Waals surface area contributed by atoms with Crippen LogP contribution in [0.3, 0.4) is 0 Å². The van der Waals surface area contributed by atoms with Gasteiger partial charge in [0.1, 0.15) is 11.5 Å². The van der Waals surface area contributed by atoms with Crippen molar-refractivity contribution >= 4 is 44.3 Å². The van der Waals surface area contributed by atoms with Crippen molar-refractivity contribution in [2.75, 3.05) is 0 Å². The molecule has 0 saturated heterocycles. The van der Waals surface area contributed by atoms with Crippen LogP contribution >= 0.6 is 38.5 Å². The zero-order chi connectivity index (χ0) is 13.2. The molecule has 0 N–H and O–H groups in total. The van der Waals surface area contributed by atoms with Crippen LogP contribution < -0.4 is 4.74 Å². The van der Waals surface area contributed by atoms with Gasteiger partial charge in [-0.2, -0.15) is 0 Å². The molecule has 17 heavy (non-hydrogen) atoms. The highest BCUT2D eigenvalue weighted by Gasteiger charge is 2.31. The number of carbonyl (C=O) groups is 1. The number of halogens is 5. The van der Waals surface area contributed by atoms with E-state index in [0.29, 0.717) is 9.13 Å². The molecular weight excluding hydrogens is 416 g/mol. The van der Waals surface area contributed by atoms with Gasteiger partial charge in [-0.1, -0.05) is 22.0 Å². The summed E-state index contributed by atoms with van der Waals surface area (Å²) in [6, 6.07) is 3.85.